The van der Waals surface area contributed by atoms with Crippen LogP contribution in [0, 0.1) is 10.8 Å². The molecule has 0 spiro atoms. The van der Waals surface area contributed by atoms with Crippen LogP contribution in [0.1, 0.15) is 47.4 Å². The van der Waals surface area contributed by atoms with Crippen LogP contribution in [0.25, 0.3) is 0 Å². The zero-order valence-corrected chi connectivity index (χ0v) is 15.4. The minimum absolute atomic E-state index is 0.0418. The predicted octanol–water partition coefficient (Wildman–Crippen LogP) is 2.85. The van der Waals surface area contributed by atoms with Gasteiger partial charge in [0.15, 0.2) is 0 Å². The Morgan fingerprint density at radius 3 is 1.38 bits per heavy atom. The molecule has 0 atom stereocenters. The third kappa shape index (κ3) is 3.91. The average Bonchev–Trinajstić information content (AvgIpc) is 2.60. The van der Waals surface area contributed by atoms with Crippen molar-refractivity contribution in [2.24, 2.45) is 10.8 Å². The van der Waals surface area contributed by atoms with E-state index < -0.39 is 0 Å². The van der Waals surface area contributed by atoms with E-state index in [1.165, 1.54) is 0 Å². The number of hydrogen-bond donors (Lipinski definition) is 0. The summed E-state index contributed by atoms with van der Waals surface area (Å²) >= 11 is 0. The Morgan fingerprint density at radius 2 is 1.15 bits per heavy atom. The maximum atomic E-state index is 12.2. The van der Waals surface area contributed by atoms with Crippen molar-refractivity contribution < 1.29 is 28.5 Å². The Labute approximate surface area is 153 Å². The highest BCUT2D eigenvalue weighted by atomic mass is 16.6. The van der Waals surface area contributed by atoms with E-state index in [1.54, 1.807) is 24.3 Å². The van der Waals surface area contributed by atoms with E-state index in [9.17, 15) is 9.59 Å². The molecule has 3 rings (SSSR count). The molecule has 0 N–H and O–H groups in total. The average molecular weight is 362 g/mol. The molecule has 2 fully saturated rings. The van der Waals surface area contributed by atoms with Crippen LogP contribution in [0.15, 0.2) is 24.3 Å². The van der Waals surface area contributed by atoms with E-state index in [0.29, 0.717) is 50.8 Å². The molecule has 0 unspecified atom stereocenters. The molecule has 2 aliphatic rings. The van der Waals surface area contributed by atoms with Crippen molar-refractivity contribution in [3.05, 3.63) is 35.4 Å². The molecule has 142 valence electrons. The Morgan fingerprint density at radius 1 is 0.808 bits per heavy atom. The first-order valence-electron chi connectivity index (χ1n) is 9.11. The van der Waals surface area contributed by atoms with Gasteiger partial charge in [-0.3, -0.25) is 0 Å². The third-order valence-corrected chi connectivity index (χ3v) is 5.51. The highest BCUT2D eigenvalue weighted by Crippen LogP contribution is 2.32. The maximum Gasteiger partial charge on any atom is 0.338 e. The fraction of sp³-hybridized carbons (Fsp3) is 0.600. The summed E-state index contributed by atoms with van der Waals surface area (Å²) in [6.45, 7) is 7.36. The smallest absolute Gasteiger partial charge is 0.338 e. The summed E-state index contributed by atoms with van der Waals surface area (Å²) in [6, 6.07) is 6.38. The number of carbonyl (C=O) groups is 2. The molecule has 0 aliphatic carbocycles. The number of rotatable bonds is 8. The summed E-state index contributed by atoms with van der Waals surface area (Å²) in [7, 11) is 0. The van der Waals surface area contributed by atoms with E-state index in [0.717, 1.165) is 12.8 Å². The van der Waals surface area contributed by atoms with E-state index in [-0.39, 0.29) is 22.8 Å². The molecule has 0 radical (unpaired) electrons. The zero-order chi connectivity index (χ0) is 18.6. The predicted molar refractivity (Wildman–Crippen MR) is 94.1 cm³/mol. The monoisotopic (exact) mass is 362 g/mol. The second-order valence-electron chi connectivity index (χ2n) is 7.42. The minimum Gasteiger partial charge on any atom is -0.461 e. The molecule has 6 nitrogen and oxygen atoms in total. The highest BCUT2D eigenvalue weighted by Gasteiger charge is 2.39. The molecule has 1 aromatic carbocycles. The van der Waals surface area contributed by atoms with Gasteiger partial charge in [-0.05, 0) is 37.1 Å². The van der Waals surface area contributed by atoms with E-state index in [2.05, 4.69) is 13.8 Å². The van der Waals surface area contributed by atoms with Crippen LogP contribution < -0.4 is 0 Å². The zero-order valence-electron chi connectivity index (χ0n) is 15.4. The SMILES string of the molecule is CCC1(COC(=O)c2ccc(C(=O)OCC3(CC)COC3)cc2)COC1. The van der Waals surface area contributed by atoms with Crippen LogP contribution >= 0.6 is 0 Å². The topological polar surface area (TPSA) is 71.1 Å². The lowest BCUT2D eigenvalue weighted by Gasteiger charge is -2.40. The first-order valence-corrected chi connectivity index (χ1v) is 9.11. The molecule has 2 saturated heterocycles. The molecular weight excluding hydrogens is 336 g/mol. The summed E-state index contributed by atoms with van der Waals surface area (Å²) < 4.78 is 21.3. The molecule has 1 aromatic rings. The van der Waals surface area contributed by atoms with Crippen LogP contribution in [0.3, 0.4) is 0 Å². The number of ether oxygens (including phenoxy) is 4. The fourth-order valence-electron chi connectivity index (χ4n) is 2.91. The lowest BCUT2D eigenvalue weighted by atomic mass is 9.84. The summed E-state index contributed by atoms with van der Waals surface area (Å²) in [5.74, 6) is -0.776. The van der Waals surface area contributed by atoms with E-state index in [1.807, 2.05) is 0 Å². The van der Waals surface area contributed by atoms with Gasteiger partial charge in [0, 0.05) is 0 Å². The summed E-state index contributed by atoms with van der Waals surface area (Å²) in [5.41, 5.74) is 0.760. The van der Waals surface area contributed by atoms with Crippen molar-refractivity contribution in [1.29, 1.82) is 0 Å². The van der Waals surface area contributed by atoms with Gasteiger partial charge >= 0.3 is 11.9 Å². The van der Waals surface area contributed by atoms with Crippen molar-refractivity contribution in [3.8, 4) is 0 Å². The Hall–Kier alpha value is -1.92. The largest absolute Gasteiger partial charge is 0.461 e. The lowest BCUT2D eigenvalue weighted by Crippen LogP contribution is -2.46. The number of benzene rings is 1. The van der Waals surface area contributed by atoms with Crippen LogP contribution in [0.2, 0.25) is 0 Å². The van der Waals surface area contributed by atoms with Gasteiger partial charge < -0.3 is 18.9 Å². The Kier molecular flexibility index (Phi) is 5.63. The van der Waals surface area contributed by atoms with E-state index in [4.69, 9.17) is 18.9 Å². The lowest BCUT2D eigenvalue weighted by molar-refractivity contribution is -0.140. The van der Waals surface area contributed by atoms with Gasteiger partial charge in [0.2, 0.25) is 0 Å². The van der Waals surface area contributed by atoms with E-state index >= 15 is 0 Å². The number of carbonyl (C=O) groups excluding carboxylic acids is 2. The van der Waals surface area contributed by atoms with Crippen molar-refractivity contribution in [1.82, 2.24) is 0 Å². The Bertz CT molecular complexity index is 575. The van der Waals surface area contributed by atoms with Crippen LogP contribution in [-0.4, -0.2) is 51.6 Å². The molecule has 0 bridgehead atoms. The van der Waals surface area contributed by atoms with Crippen LogP contribution in [0.4, 0.5) is 0 Å². The summed E-state index contributed by atoms with van der Waals surface area (Å²) in [5, 5.41) is 0. The van der Waals surface area contributed by atoms with Crippen LogP contribution in [-0.2, 0) is 18.9 Å². The van der Waals surface area contributed by atoms with Crippen LogP contribution in [0.5, 0.6) is 0 Å². The second kappa shape index (κ2) is 7.76. The first-order chi connectivity index (χ1) is 12.5. The van der Waals surface area contributed by atoms with Gasteiger partial charge in [-0.15, -0.1) is 0 Å². The van der Waals surface area contributed by atoms with Crippen molar-refractivity contribution >= 4 is 11.9 Å². The molecule has 0 aromatic heterocycles. The molecule has 2 heterocycles. The number of esters is 2. The quantitative estimate of drug-likeness (QED) is 0.662. The minimum atomic E-state index is -0.388. The first kappa shape index (κ1) is 18.9. The third-order valence-electron chi connectivity index (χ3n) is 5.51. The standard InChI is InChI=1S/C20H26O6/c1-3-19(9-23-10-19)13-25-17(21)15-5-7-16(8-6-15)18(22)26-14-20(4-2)11-24-12-20/h5-8H,3-4,9-14H2,1-2H3. The normalized spacial score (nSPS) is 19.8. The molecule has 0 amide bonds. The molecule has 0 saturated carbocycles. The van der Waals surface area contributed by atoms with Gasteiger partial charge in [0.05, 0.1) is 48.4 Å². The van der Waals surface area contributed by atoms with Gasteiger partial charge in [0.25, 0.3) is 0 Å². The van der Waals surface area contributed by atoms with Crippen molar-refractivity contribution in [3.63, 3.8) is 0 Å². The molecule has 2 aliphatic heterocycles. The molecular formula is C20H26O6. The number of hydrogen-bond acceptors (Lipinski definition) is 6. The highest BCUT2D eigenvalue weighted by molar-refractivity contribution is 5.93. The van der Waals surface area contributed by atoms with Gasteiger partial charge in [-0.1, -0.05) is 13.8 Å². The summed E-state index contributed by atoms with van der Waals surface area (Å²) in [6.07, 6.45) is 1.82. The fourth-order valence-corrected chi connectivity index (χ4v) is 2.91. The molecule has 6 heteroatoms. The summed E-state index contributed by atoms with van der Waals surface area (Å²) in [4.78, 5) is 24.4. The van der Waals surface area contributed by atoms with Gasteiger partial charge in [0.1, 0.15) is 13.2 Å². The van der Waals surface area contributed by atoms with Gasteiger partial charge in [-0.25, -0.2) is 9.59 Å². The van der Waals surface area contributed by atoms with Crippen molar-refractivity contribution in [2.45, 2.75) is 26.7 Å². The maximum absolute atomic E-state index is 12.2. The Balaban J connectivity index is 1.50. The second-order valence-corrected chi connectivity index (χ2v) is 7.42. The van der Waals surface area contributed by atoms with Crippen molar-refractivity contribution in [2.75, 3.05) is 39.6 Å². The molecule has 26 heavy (non-hydrogen) atoms. The van der Waals surface area contributed by atoms with Gasteiger partial charge in [-0.2, -0.15) is 0 Å².